The van der Waals surface area contributed by atoms with Gasteiger partial charge in [-0.1, -0.05) is 72.1 Å². The van der Waals surface area contributed by atoms with Gasteiger partial charge < -0.3 is 34.4 Å². The maximum atomic E-state index is 13.1. The van der Waals surface area contributed by atoms with Crippen LogP contribution in [-0.2, 0) is 31.9 Å². The van der Waals surface area contributed by atoms with Crippen LogP contribution in [0.5, 0.6) is 5.75 Å². The number of aliphatic carboxylic acids is 1. The first-order valence-electron chi connectivity index (χ1n) is 15.6. The van der Waals surface area contributed by atoms with Gasteiger partial charge in [-0.2, -0.15) is 0 Å². The molecule has 2 aromatic rings. The van der Waals surface area contributed by atoms with E-state index >= 15 is 0 Å². The number of carbonyl (C=O) groups excluding carboxylic acids is 2. The van der Waals surface area contributed by atoms with Crippen LogP contribution >= 0.6 is 23.2 Å². The number of hydrogen-bond acceptors (Lipinski definition) is 8. The number of alkyl carbamates (subject to hydrolysis) is 1. The van der Waals surface area contributed by atoms with Gasteiger partial charge in [-0.25, -0.2) is 4.79 Å². The highest BCUT2D eigenvalue weighted by molar-refractivity contribution is 6.35. The zero-order valence-electron chi connectivity index (χ0n) is 28.4. The molecule has 4 N–H and O–H groups in total. The molecule has 5 atom stereocenters. The van der Waals surface area contributed by atoms with Gasteiger partial charge in [0, 0.05) is 31.5 Å². The van der Waals surface area contributed by atoms with E-state index in [0.29, 0.717) is 33.5 Å². The molecule has 266 valence electrons. The van der Waals surface area contributed by atoms with Crippen molar-refractivity contribution in [1.82, 2.24) is 5.32 Å². The smallest absolute Gasteiger partial charge is 0.409 e. The summed E-state index contributed by atoms with van der Waals surface area (Å²) in [7, 11) is 4.57. The molecule has 2 heterocycles. The van der Waals surface area contributed by atoms with Crippen LogP contribution in [-0.4, -0.2) is 78.6 Å². The number of ether oxygens (including phenoxy) is 3. The number of carboxylic acids is 1. The summed E-state index contributed by atoms with van der Waals surface area (Å²) in [6, 6.07) is 10.5. The zero-order chi connectivity index (χ0) is 36.5. The summed E-state index contributed by atoms with van der Waals surface area (Å²) in [4.78, 5) is 37.2. The van der Waals surface area contributed by atoms with Gasteiger partial charge in [-0.05, 0) is 61.2 Å². The van der Waals surface area contributed by atoms with E-state index in [1.54, 1.807) is 56.5 Å². The van der Waals surface area contributed by atoms with Crippen LogP contribution in [0.4, 0.5) is 10.5 Å². The van der Waals surface area contributed by atoms with Crippen molar-refractivity contribution >= 4 is 46.9 Å². The molecule has 2 aliphatic rings. The van der Waals surface area contributed by atoms with E-state index in [0.717, 1.165) is 16.7 Å². The lowest BCUT2D eigenvalue weighted by Gasteiger charge is -2.41. The van der Waals surface area contributed by atoms with Crippen molar-refractivity contribution in [3.05, 3.63) is 93.0 Å². The molecule has 0 spiro atoms. The first kappa shape index (κ1) is 39.6. The Morgan fingerprint density at radius 2 is 1.88 bits per heavy atom. The number of carbonyl (C=O) groups is 3. The van der Waals surface area contributed by atoms with Crippen LogP contribution in [0, 0.1) is 5.92 Å². The number of carboxylic acid groups (broad SMARTS) is 1. The number of aliphatic hydroxyl groups is 2. The molecule has 0 aromatic heterocycles. The number of anilines is 1. The number of fused-ring (bicyclic) bond motifs is 4. The molecule has 1 saturated heterocycles. The van der Waals surface area contributed by atoms with Crippen molar-refractivity contribution in [1.29, 1.82) is 0 Å². The van der Waals surface area contributed by atoms with Gasteiger partial charge in [-0.3, -0.25) is 14.9 Å². The molecule has 13 heteroatoms. The summed E-state index contributed by atoms with van der Waals surface area (Å²) in [5.74, 6) is -1.11. The average molecular weight is 720 g/mol. The van der Waals surface area contributed by atoms with E-state index in [1.807, 2.05) is 32.1 Å². The van der Waals surface area contributed by atoms with E-state index in [1.165, 1.54) is 19.1 Å². The summed E-state index contributed by atoms with van der Waals surface area (Å²) in [6.07, 6.45) is 4.12. The van der Waals surface area contributed by atoms with Crippen molar-refractivity contribution in [3.63, 3.8) is 0 Å². The SMILES string of the molecule is COc1cc2cc(c1Cl)N(C)C(=O)C[C@H](O)/C(C)=C/[C@H](C)[C@@H]1C[C@@](O)(NC(=O)O1)[C@H](OC)/C=C/C=C(\C)C2.O=C(O)Cc1cccc(Cl)c1. The quantitative estimate of drug-likeness (QED) is 0.284. The summed E-state index contributed by atoms with van der Waals surface area (Å²) >= 11 is 12.2. The van der Waals surface area contributed by atoms with Crippen molar-refractivity contribution in [2.45, 2.75) is 70.5 Å². The molecule has 2 aromatic carbocycles. The summed E-state index contributed by atoms with van der Waals surface area (Å²) < 4.78 is 16.4. The van der Waals surface area contributed by atoms with Gasteiger partial charge in [0.2, 0.25) is 5.91 Å². The predicted octanol–water partition coefficient (Wildman–Crippen LogP) is 5.87. The second-order valence-corrected chi connectivity index (χ2v) is 13.0. The van der Waals surface area contributed by atoms with Gasteiger partial charge >= 0.3 is 12.1 Å². The molecule has 0 saturated carbocycles. The number of nitrogens with zero attached hydrogens (tertiary/aromatic N) is 1. The number of nitrogens with one attached hydrogen (secondary N) is 1. The third-order valence-corrected chi connectivity index (χ3v) is 8.86. The lowest BCUT2D eigenvalue weighted by molar-refractivity contribution is -0.138. The maximum Gasteiger partial charge on any atom is 0.409 e. The lowest BCUT2D eigenvalue weighted by atomic mass is 9.89. The minimum atomic E-state index is -1.71. The number of halogens is 2. The predicted molar refractivity (Wildman–Crippen MR) is 188 cm³/mol. The maximum absolute atomic E-state index is 13.1. The first-order valence-corrected chi connectivity index (χ1v) is 16.4. The lowest BCUT2D eigenvalue weighted by Crippen LogP contribution is -2.63. The van der Waals surface area contributed by atoms with Crippen LogP contribution in [0.15, 0.2) is 71.8 Å². The first-order chi connectivity index (χ1) is 23.1. The van der Waals surface area contributed by atoms with Crippen LogP contribution in [0.2, 0.25) is 10.0 Å². The Balaban J connectivity index is 0.000000501. The van der Waals surface area contributed by atoms with E-state index < -0.39 is 36.1 Å². The summed E-state index contributed by atoms with van der Waals surface area (Å²) in [5.41, 5.74) is 1.88. The van der Waals surface area contributed by atoms with Crippen LogP contribution in [0.3, 0.4) is 0 Å². The van der Waals surface area contributed by atoms with Crippen LogP contribution < -0.4 is 15.0 Å². The molecule has 0 radical (unpaired) electrons. The molecule has 49 heavy (non-hydrogen) atoms. The number of amides is 2. The number of aliphatic hydroxyl groups excluding tert-OH is 1. The molecular formula is C36H44Cl2N2O9. The third kappa shape index (κ3) is 11.1. The van der Waals surface area contributed by atoms with Crippen molar-refractivity contribution in [2.24, 2.45) is 5.92 Å². The Morgan fingerprint density at radius 1 is 1.16 bits per heavy atom. The zero-order valence-corrected chi connectivity index (χ0v) is 29.9. The number of rotatable bonds is 4. The summed E-state index contributed by atoms with van der Waals surface area (Å²) in [5, 5.41) is 33.9. The second kappa shape index (κ2) is 17.7. The molecular weight excluding hydrogens is 675 g/mol. The molecule has 4 bridgehead atoms. The standard InChI is InChI=1S/C28H37ClN2O7.C8H7ClO2/c1-16-8-7-9-24(37-6)28(35)15-23(38-27(34)30-28)18(3)11-17(2)21(32)14-25(33)31(4)20-12-19(10-16)13-22(36-5)26(20)29;9-7-3-1-2-6(4-7)5-8(10)11/h7-9,11-13,18,21,23-24,32,35H,10,14-15H2,1-6H3,(H,30,34);1-4H,5H2,(H,10,11)/b9-7+,16-8+,17-11+;/t18-,21-,23-,24+,28-;/m0./s1. The molecule has 4 rings (SSSR count). The largest absolute Gasteiger partial charge is 0.495 e. The van der Waals surface area contributed by atoms with Gasteiger partial charge in [-0.15, -0.1) is 0 Å². The Labute approximate surface area is 296 Å². The second-order valence-electron chi connectivity index (χ2n) is 12.2. The van der Waals surface area contributed by atoms with E-state index in [9.17, 15) is 24.6 Å². The fraction of sp³-hybridized carbons (Fsp3) is 0.417. The Bertz CT molecular complexity index is 1610. The van der Waals surface area contributed by atoms with E-state index in [2.05, 4.69) is 5.32 Å². The Kier molecular flexibility index (Phi) is 14.3. The van der Waals surface area contributed by atoms with E-state index in [4.69, 9.17) is 42.5 Å². The average Bonchev–Trinajstić information content (AvgIpc) is 3.02. The normalized spacial score (nSPS) is 27.6. The molecule has 11 nitrogen and oxygen atoms in total. The van der Waals surface area contributed by atoms with Crippen molar-refractivity contribution < 1.29 is 43.9 Å². The number of allylic oxidation sites excluding steroid dienone is 3. The van der Waals surface area contributed by atoms with Gasteiger partial charge in [0.15, 0.2) is 5.72 Å². The highest BCUT2D eigenvalue weighted by Crippen LogP contribution is 2.37. The Hall–Kier alpha value is -3.87. The van der Waals surface area contributed by atoms with Crippen LogP contribution in [0.25, 0.3) is 0 Å². The Morgan fingerprint density at radius 3 is 2.51 bits per heavy atom. The topological polar surface area (TPSA) is 155 Å². The highest BCUT2D eigenvalue weighted by Gasteiger charge is 2.46. The molecule has 1 fully saturated rings. The fourth-order valence-corrected chi connectivity index (χ4v) is 6.07. The van der Waals surface area contributed by atoms with Crippen molar-refractivity contribution in [2.75, 3.05) is 26.2 Å². The molecule has 2 amide bonds. The van der Waals surface area contributed by atoms with Gasteiger partial charge in [0.1, 0.15) is 23.0 Å². The fourth-order valence-electron chi connectivity index (χ4n) is 5.54. The van der Waals surface area contributed by atoms with Crippen LogP contribution in [0.1, 0.15) is 44.7 Å². The minimum Gasteiger partial charge on any atom is -0.495 e. The molecule has 0 aliphatic carbocycles. The number of benzene rings is 2. The molecule has 2 aliphatic heterocycles. The van der Waals surface area contributed by atoms with Crippen molar-refractivity contribution in [3.8, 4) is 5.75 Å². The molecule has 0 unspecified atom stereocenters. The van der Waals surface area contributed by atoms with Gasteiger partial charge in [0.05, 0.1) is 31.7 Å². The van der Waals surface area contributed by atoms with Gasteiger partial charge in [0.25, 0.3) is 0 Å². The summed E-state index contributed by atoms with van der Waals surface area (Å²) in [6.45, 7) is 5.47. The number of hydrogen-bond donors (Lipinski definition) is 4. The highest BCUT2D eigenvalue weighted by atomic mass is 35.5. The van der Waals surface area contributed by atoms with E-state index in [-0.39, 0.29) is 31.1 Å². The third-order valence-electron chi connectivity index (χ3n) is 8.25. The number of methoxy groups -OCH3 is 2. The monoisotopic (exact) mass is 718 g/mol. The minimum absolute atomic E-state index is 0.0283.